The first-order chi connectivity index (χ1) is 7.02. The second-order valence-electron chi connectivity index (χ2n) is 4.20. The summed E-state index contributed by atoms with van der Waals surface area (Å²) in [5, 5.41) is 0. The van der Waals surface area contributed by atoms with Crippen LogP contribution in [0.15, 0.2) is 0 Å². The van der Waals surface area contributed by atoms with Crippen molar-refractivity contribution in [2.24, 2.45) is 5.73 Å². The molecule has 0 aromatic carbocycles. The number of hydrogen-bond acceptors (Lipinski definition) is 3. The number of piperidine rings is 1. The molecule has 0 radical (unpaired) electrons. The van der Waals surface area contributed by atoms with Crippen molar-refractivity contribution in [3.05, 3.63) is 0 Å². The van der Waals surface area contributed by atoms with Crippen molar-refractivity contribution in [3.63, 3.8) is 0 Å². The molecule has 1 aliphatic heterocycles. The Balaban J connectivity index is 2.47. The zero-order valence-electron chi connectivity index (χ0n) is 9.44. The summed E-state index contributed by atoms with van der Waals surface area (Å²) < 4.78 is 11.0. The number of amides is 1. The van der Waals surface area contributed by atoms with E-state index in [2.05, 4.69) is 0 Å². The fraction of sp³-hybridized carbons (Fsp3) is 0.900. The predicted molar refractivity (Wildman–Crippen MR) is 61.9 cm³/mol. The Labute approximate surface area is 93.7 Å². The molecule has 15 heavy (non-hydrogen) atoms. The van der Waals surface area contributed by atoms with Gasteiger partial charge in [-0.25, -0.2) is 0 Å². The monoisotopic (exact) mass is 232 g/mol. The summed E-state index contributed by atoms with van der Waals surface area (Å²) in [5.74, 6) is 0.704. The van der Waals surface area contributed by atoms with Crippen LogP contribution in [-0.4, -0.2) is 45.7 Å². The third-order valence-corrected chi connectivity index (χ3v) is 3.68. The first-order valence-electron chi connectivity index (χ1n) is 5.38. The molecule has 5 heteroatoms. The molecule has 0 aliphatic carbocycles. The van der Waals surface area contributed by atoms with E-state index in [1.54, 1.807) is 6.26 Å². The molecule has 0 aromatic heterocycles. The molecule has 0 bridgehead atoms. The van der Waals surface area contributed by atoms with Crippen molar-refractivity contribution in [3.8, 4) is 0 Å². The lowest BCUT2D eigenvalue weighted by Crippen LogP contribution is -2.51. The zero-order chi connectivity index (χ0) is 11.4. The van der Waals surface area contributed by atoms with E-state index in [9.17, 15) is 9.00 Å². The second-order valence-corrected chi connectivity index (χ2v) is 5.75. The fourth-order valence-electron chi connectivity index (χ4n) is 1.86. The minimum absolute atomic E-state index is 0.0515. The van der Waals surface area contributed by atoms with Gasteiger partial charge < -0.3 is 10.6 Å². The Morgan fingerprint density at radius 3 is 2.93 bits per heavy atom. The van der Waals surface area contributed by atoms with Crippen molar-refractivity contribution in [1.29, 1.82) is 0 Å². The van der Waals surface area contributed by atoms with Crippen LogP contribution in [0.2, 0.25) is 0 Å². The maximum Gasteiger partial charge on any atom is 0.239 e. The van der Waals surface area contributed by atoms with Crippen LogP contribution in [0.1, 0.15) is 26.2 Å². The number of carbonyl (C=O) groups excluding carboxylic acids is 1. The molecule has 0 aromatic rings. The van der Waals surface area contributed by atoms with Gasteiger partial charge in [-0.1, -0.05) is 0 Å². The van der Waals surface area contributed by atoms with E-state index in [1.165, 1.54) is 0 Å². The molecule has 4 nitrogen and oxygen atoms in total. The van der Waals surface area contributed by atoms with Crippen LogP contribution in [-0.2, 0) is 15.6 Å². The molecule has 1 aliphatic rings. The largest absolute Gasteiger partial charge is 0.339 e. The second kappa shape index (κ2) is 5.61. The lowest BCUT2D eigenvalue weighted by atomic mass is 10.0. The molecular weight excluding hydrogens is 212 g/mol. The summed E-state index contributed by atoms with van der Waals surface area (Å²) in [6, 6.07) is -0.166. The normalized spacial score (nSPS) is 26.5. The molecule has 2 N–H and O–H groups in total. The Morgan fingerprint density at radius 1 is 1.67 bits per heavy atom. The minimum atomic E-state index is -0.780. The van der Waals surface area contributed by atoms with E-state index >= 15 is 0 Å². The van der Waals surface area contributed by atoms with Gasteiger partial charge in [0.1, 0.15) is 0 Å². The van der Waals surface area contributed by atoms with Crippen LogP contribution in [0.4, 0.5) is 0 Å². The number of rotatable bonds is 4. The fourth-order valence-corrected chi connectivity index (χ4v) is 2.53. The third-order valence-electron chi connectivity index (χ3n) is 2.87. The highest BCUT2D eigenvalue weighted by molar-refractivity contribution is 7.84. The zero-order valence-corrected chi connectivity index (χ0v) is 10.3. The van der Waals surface area contributed by atoms with Crippen LogP contribution in [0, 0.1) is 0 Å². The van der Waals surface area contributed by atoms with Crippen LogP contribution in [0.3, 0.4) is 0 Å². The lowest BCUT2D eigenvalue weighted by molar-refractivity contribution is -0.137. The van der Waals surface area contributed by atoms with E-state index < -0.39 is 10.8 Å². The number of carbonyl (C=O) groups is 1. The Morgan fingerprint density at radius 2 is 2.33 bits per heavy atom. The summed E-state index contributed by atoms with van der Waals surface area (Å²) >= 11 is 0. The highest BCUT2D eigenvalue weighted by Gasteiger charge is 2.28. The molecule has 0 saturated carbocycles. The van der Waals surface area contributed by atoms with Gasteiger partial charge in [0.25, 0.3) is 0 Å². The van der Waals surface area contributed by atoms with Crippen LogP contribution in [0.5, 0.6) is 0 Å². The van der Waals surface area contributed by atoms with Gasteiger partial charge in [0.2, 0.25) is 5.91 Å². The van der Waals surface area contributed by atoms with Crippen LogP contribution in [0.25, 0.3) is 0 Å². The molecule has 1 saturated heterocycles. The standard InChI is InChI=1S/C10H20N2O2S/c1-8(5-7-15(2)14)12-6-3-4-9(11)10(12)13/h8-9H,3-7,11H2,1-2H3. The SMILES string of the molecule is CC(CCS(C)=O)N1CCCC(N)C1=O. The smallest absolute Gasteiger partial charge is 0.239 e. The number of nitrogens with zero attached hydrogens (tertiary/aromatic N) is 1. The van der Waals surface area contributed by atoms with E-state index in [0.29, 0.717) is 5.75 Å². The Kier molecular flexibility index (Phi) is 4.73. The first-order valence-corrected chi connectivity index (χ1v) is 7.11. The first kappa shape index (κ1) is 12.6. The maximum absolute atomic E-state index is 11.7. The predicted octanol–water partition coefficient (Wildman–Crippen LogP) is 0.0932. The third kappa shape index (κ3) is 3.57. The van der Waals surface area contributed by atoms with Gasteiger partial charge in [0.05, 0.1) is 6.04 Å². The van der Waals surface area contributed by atoms with E-state index in [0.717, 1.165) is 25.8 Å². The molecule has 1 rings (SSSR count). The van der Waals surface area contributed by atoms with Gasteiger partial charge in [-0.15, -0.1) is 0 Å². The van der Waals surface area contributed by atoms with E-state index in [1.807, 2.05) is 11.8 Å². The van der Waals surface area contributed by atoms with Crippen molar-refractivity contribution >= 4 is 16.7 Å². The topological polar surface area (TPSA) is 63.4 Å². The van der Waals surface area contributed by atoms with Gasteiger partial charge in [0, 0.05) is 35.4 Å². The molecule has 1 fully saturated rings. The molecular formula is C10H20N2O2S. The lowest BCUT2D eigenvalue weighted by Gasteiger charge is -2.35. The average Bonchev–Trinajstić information content (AvgIpc) is 2.18. The van der Waals surface area contributed by atoms with Crippen LogP contribution < -0.4 is 5.73 Å². The van der Waals surface area contributed by atoms with Crippen molar-refractivity contribution in [2.45, 2.75) is 38.3 Å². The summed E-state index contributed by atoms with van der Waals surface area (Å²) in [5.41, 5.74) is 5.71. The molecule has 0 spiro atoms. The van der Waals surface area contributed by atoms with Crippen molar-refractivity contribution in [1.82, 2.24) is 4.90 Å². The summed E-state index contributed by atoms with van der Waals surface area (Å²) in [6.45, 7) is 2.80. The molecule has 1 amide bonds. The number of nitrogens with two attached hydrogens (primary N) is 1. The summed E-state index contributed by atoms with van der Waals surface area (Å²) in [4.78, 5) is 13.6. The molecule has 3 unspecified atom stereocenters. The Hall–Kier alpha value is -0.420. The van der Waals surface area contributed by atoms with Crippen molar-refractivity contribution in [2.75, 3.05) is 18.6 Å². The maximum atomic E-state index is 11.7. The minimum Gasteiger partial charge on any atom is -0.339 e. The summed E-state index contributed by atoms with van der Waals surface area (Å²) in [6.07, 6.45) is 4.26. The van der Waals surface area contributed by atoms with Gasteiger partial charge in [-0.05, 0) is 26.2 Å². The highest BCUT2D eigenvalue weighted by Crippen LogP contribution is 2.15. The molecule has 1 heterocycles. The van der Waals surface area contributed by atoms with Gasteiger partial charge in [0.15, 0.2) is 0 Å². The summed E-state index contributed by atoms with van der Waals surface area (Å²) in [7, 11) is -0.780. The average molecular weight is 232 g/mol. The molecule has 88 valence electrons. The number of likely N-dealkylation sites (tertiary alicyclic amines) is 1. The van der Waals surface area contributed by atoms with Crippen LogP contribution >= 0.6 is 0 Å². The van der Waals surface area contributed by atoms with E-state index in [-0.39, 0.29) is 18.0 Å². The molecule has 3 atom stereocenters. The van der Waals surface area contributed by atoms with Crippen molar-refractivity contribution < 1.29 is 9.00 Å². The number of hydrogen-bond donors (Lipinski definition) is 1. The van der Waals surface area contributed by atoms with Gasteiger partial charge in [-0.3, -0.25) is 9.00 Å². The Bertz CT molecular complexity index is 258. The highest BCUT2D eigenvalue weighted by atomic mass is 32.2. The van der Waals surface area contributed by atoms with E-state index in [4.69, 9.17) is 5.73 Å². The van der Waals surface area contributed by atoms with Gasteiger partial charge >= 0.3 is 0 Å². The quantitative estimate of drug-likeness (QED) is 0.747. The van der Waals surface area contributed by atoms with Gasteiger partial charge in [-0.2, -0.15) is 0 Å².